The fourth-order valence-electron chi connectivity index (χ4n) is 3.14. The summed E-state index contributed by atoms with van der Waals surface area (Å²) >= 11 is 0. The molecule has 1 N–H and O–H groups in total. The van der Waals surface area contributed by atoms with Crippen molar-refractivity contribution in [2.75, 3.05) is 6.54 Å². The number of nitrogens with one attached hydrogen (secondary N) is 1. The predicted molar refractivity (Wildman–Crippen MR) is 72.1 cm³/mol. The Morgan fingerprint density at radius 2 is 1.89 bits per heavy atom. The summed E-state index contributed by atoms with van der Waals surface area (Å²) < 4.78 is 12.8. The third-order valence-corrected chi connectivity index (χ3v) is 4.86. The lowest BCUT2D eigenvalue weighted by atomic mass is 9.69. The van der Waals surface area contributed by atoms with Crippen molar-refractivity contribution in [2.45, 2.75) is 51.0 Å². The second-order valence-corrected chi connectivity index (χ2v) is 6.46. The van der Waals surface area contributed by atoms with Crippen molar-refractivity contribution in [3.63, 3.8) is 0 Å². The molecule has 98 valence electrons. The molecule has 1 aromatic carbocycles. The van der Waals surface area contributed by atoms with E-state index in [9.17, 15) is 4.39 Å². The molecule has 0 heterocycles. The Morgan fingerprint density at radius 1 is 1.22 bits per heavy atom. The van der Waals surface area contributed by atoms with E-state index in [1.165, 1.54) is 44.2 Å². The molecule has 2 aliphatic carbocycles. The molecule has 0 saturated heterocycles. The lowest BCUT2D eigenvalue weighted by molar-refractivity contribution is 0.137. The van der Waals surface area contributed by atoms with Gasteiger partial charge < -0.3 is 5.32 Å². The molecular weight excluding hydrogens is 225 g/mol. The zero-order valence-electron chi connectivity index (χ0n) is 11.1. The van der Waals surface area contributed by atoms with Crippen LogP contribution in [0.25, 0.3) is 0 Å². The van der Waals surface area contributed by atoms with Gasteiger partial charge in [0.25, 0.3) is 0 Å². The minimum atomic E-state index is -0.134. The van der Waals surface area contributed by atoms with E-state index in [0.29, 0.717) is 17.4 Å². The highest BCUT2D eigenvalue weighted by atomic mass is 19.1. The van der Waals surface area contributed by atoms with E-state index >= 15 is 0 Å². The van der Waals surface area contributed by atoms with Crippen molar-refractivity contribution in [1.29, 1.82) is 0 Å². The molecule has 18 heavy (non-hydrogen) atoms. The van der Waals surface area contributed by atoms with Crippen LogP contribution in [0.5, 0.6) is 0 Å². The van der Waals surface area contributed by atoms with Crippen LogP contribution in [0.1, 0.15) is 50.5 Å². The topological polar surface area (TPSA) is 12.0 Å². The Kier molecular flexibility index (Phi) is 3.14. The van der Waals surface area contributed by atoms with Gasteiger partial charge in [-0.2, -0.15) is 0 Å². The molecule has 2 fully saturated rings. The van der Waals surface area contributed by atoms with Crippen LogP contribution in [0.3, 0.4) is 0 Å². The second-order valence-electron chi connectivity index (χ2n) is 6.46. The molecule has 1 aromatic rings. The lowest BCUT2D eigenvalue weighted by Gasteiger charge is -2.43. The van der Waals surface area contributed by atoms with Gasteiger partial charge in [-0.05, 0) is 54.7 Å². The van der Waals surface area contributed by atoms with Gasteiger partial charge in [0, 0.05) is 12.6 Å². The van der Waals surface area contributed by atoms with Gasteiger partial charge in [-0.15, -0.1) is 0 Å². The van der Waals surface area contributed by atoms with Crippen LogP contribution in [0.15, 0.2) is 24.3 Å². The summed E-state index contributed by atoms with van der Waals surface area (Å²) in [4.78, 5) is 0. The fraction of sp³-hybridized carbons (Fsp3) is 0.625. The molecule has 0 atom stereocenters. The highest BCUT2D eigenvalue weighted by molar-refractivity contribution is 5.23. The third-order valence-electron chi connectivity index (χ3n) is 4.86. The van der Waals surface area contributed by atoms with E-state index in [1.54, 1.807) is 12.1 Å². The van der Waals surface area contributed by atoms with Crippen molar-refractivity contribution in [1.82, 2.24) is 5.32 Å². The van der Waals surface area contributed by atoms with Crippen LogP contribution in [-0.2, 0) is 0 Å². The average Bonchev–Trinajstić information content (AvgIpc) is 2.27. The molecule has 1 nitrogen and oxygen atoms in total. The van der Waals surface area contributed by atoms with E-state index < -0.39 is 0 Å². The van der Waals surface area contributed by atoms with E-state index in [1.807, 2.05) is 12.1 Å². The summed E-state index contributed by atoms with van der Waals surface area (Å²) in [6.45, 7) is 3.56. The molecule has 0 bridgehead atoms. The normalized spacial score (nSPS) is 29.4. The Bertz CT molecular complexity index is 402. The monoisotopic (exact) mass is 247 g/mol. The first-order valence-corrected chi connectivity index (χ1v) is 7.13. The fourth-order valence-corrected chi connectivity index (χ4v) is 3.14. The van der Waals surface area contributed by atoms with Crippen LogP contribution >= 0.6 is 0 Å². The van der Waals surface area contributed by atoms with Gasteiger partial charge >= 0.3 is 0 Å². The molecule has 3 rings (SSSR count). The van der Waals surface area contributed by atoms with Crippen LogP contribution in [-0.4, -0.2) is 12.6 Å². The zero-order chi connectivity index (χ0) is 12.6. The zero-order valence-corrected chi connectivity index (χ0v) is 11.1. The standard InChI is InChI=1S/C16H22FN/c1-16(7-2-8-16)11-18-15-9-13(10-15)12-3-5-14(17)6-4-12/h3-6,13,15,18H,2,7-11H2,1H3. The highest BCUT2D eigenvalue weighted by Crippen LogP contribution is 2.41. The summed E-state index contributed by atoms with van der Waals surface area (Å²) in [7, 11) is 0. The van der Waals surface area contributed by atoms with Crippen LogP contribution in [0.4, 0.5) is 4.39 Å². The first kappa shape index (κ1) is 12.2. The summed E-state index contributed by atoms with van der Waals surface area (Å²) in [6.07, 6.45) is 6.59. The molecule has 0 unspecified atom stereocenters. The van der Waals surface area contributed by atoms with Gasteiger partial charge in [0.1, 0.15) is 5.82 Å². The number of hydrogen-bond acceptors (Lipinski definition) is 1. The van der Waals surface area contributed by atoms with Crippen molar-refractivity contribution >= 4 is 0 Å². The summed E-state index contributed by atoms with van der Waals surface area (Å²) in [5.41, 5.74) is 1.87. The maximum atomic E-state index is 12.8. The van der Waals surface area contributed by atoms with Gasteiger partial charge in [-0.1, -0.05) is 25.5 Å². The minimum absolute atomic E-state index is 0.134. The van der Waals surface area contributed by atoms with Crippen molar-refractivity contribution in [3.8, 4) is 0 Å². The highest BCUT2D eigenvalue weighted by Gasteiger charge is 2.35. The maximum absolute atomic E-state index is 12.8. The first-order chi connectivity index (χ1) is 8.65. The largest absolute Gasteiger partial charge is 0.313 e. The van der Waals surface area contributed by atoms with Gasteiger partial charge in [-0.3, -0.25) is 0 Å². The molecule has 2 saturated carbocycles. The summed E-state index contributed by atoms with van der Waals surface area (Å²) in [5, 5.41) is 3.70. The van der Waals surface area contributed by atoms with Gasteiger partial charge in [0.15, 0.2) is 0 Å². The van der Waals surface area contributed by atoms with Crippen LogP contribution in [0.2, 0.25) is 0 Å². The average molecular weight is 247 g/mol. The molecule has 0 aromatic heterocycles. The van der Waals surface area contributed by atoms with E-state index in [0.717, 1.165) is 0 Å². The molecule has 2 aliphatic rings. The lowest BCUT2D eigenvalue weighted by Crippen LogP contribution is -2.46. The summed E-state index contributed by atoms with van der Waals surface area (Å²) in [5.74, 6) is 0.503. The number of benzene rings is 1. The van der Waals surface area contributed by atoms with Crippen LogP contribution in [0, 0.1) is 11.2 Å². The smallest absolute Gasteiger partial charge is 0.123 e. The molecule has 0 aliphatic heterocycles. The quantitative estimate of drug-likeness (QED) is 0.852. The minimum Gasteiger partial charge on any atom is -0.313 e. The Hall–Kier alpha value is -0.890. The van der Waals surface area contributed by atoms with Gasteiger partial charge in [-0.25, -0.2) is 4.39 Å². The van der Waals surface area contributed by atoms with Gasteiger partial charge in [0.2, 0.25) is 0 Å². The van der Waals surface area contributed by atoms with E-state index in [-0.39, 0.29) is 5.82 Å². The maximum Gasteiger partial charge on any atom is 0.123 e. The Labute approximate surface area is 109 Å². The predicted octanol–water partition coefficient (Wildman–Crippen LogP) is 3.85. The summed E-state index contributed by atoms with van der Waals surface area (Å²) in [6, 6.07) is 7.70. The van der Waals surface area contributed by atoms with Crippen molar-refractivity contribution in [2.24, 2.45) is 5.41 Å². The number of hydrogen-bond donors (Lipinski definition) is 1. The molecule has 0 spiro atoms. The van der Waals surface area contributed by atoms with Gasteiger partial charge in [0.05, 0.1) is 0 Å². The second kappa shape index (κ2) is 4.65. The molecule has 0 radical (unpaired) electrons. The van der Waals surface area contributed by atoms with Crippen molar-refractivity contribution in [3.05, 3.63) is 35.6 Å². The Balaban J connectivity index is 1.44. The SMILES string of the molecule is CC1(CNC2CC(c3ccc(F)cc3)C2)CCC1. The van der Waals surface area contributed by atoms with Crippen molar-refractivity contribution < 1.29 is 4.39 Å². The van der Waals surface area contributed by atoms with Crippen LogP contribution < -0.4 is 5.32 Å². The molecular formula is C16H22FN. The van der Waals surface area contributed by atoms with E-state index in [2.05, 4.69) is 12.2 Å². The number of halogens is 1. The number of rotatable bonds is 4. The molecule has 0 amide bonds. The van der Waals surface area contributed by atoms with E-state index in [4.69, 9.17) is 0 Å². The molecule has 2 heteroatoms. The third kappa shape index (κ3) is 2.44. The Morgan fingerprint density at radius 3 is 2.44 bits per heavy atom. The first-order valence-electron chi connectivity index (χ1n) is 7.13.